The lowest BCUT2D eigenvalue weighted by atomic mass is 10.1. The Bertz CT molecular complexity index is 1120. The van der Waals surface area contributed by atoms with Gasteiger partial charge < -0.3 is 14.3 Å². The fraction of sp³-hybridized carbons (Fsp3) is 0.200. The molecule has 25 heavy (non-hydrogen) atoms. The fourth-order valence-electron chi connectivity index (χ4n) is 3.58. The van der Waals surface area contributed by atoms with Gasteiger partial charge in [0.2, 0.25) is 0 Å². The van der Waals surface area contributed by atoms with E-state index in [9.17, 15) is 4.79 Å². The Morgan fingerprint density at radius 1 is 1.04 bits per heavy atom. The summed E-state index contributed by atoms with van der Waals surface area (Å²) in [5.74, 6) is 0.576. The molecular formula is C20H17N3O2. The molecule has 0 unspecified atom stereocenters. The highest BCUT2D eigenvalue weighted by atomic mass is 16.3. The van der Waals surface area contributed by atoms with E-state index < -0.39 is 0 Å². The summed E-state index contributed by atoms with van der Waals surface area (Å²) in [4.78, 5) is 22.2. The first-order chi connectivity index (χ1) is 12.3. The van der Waals surface area contributed by atoms with Crippen LogP contribution in [0, 0.1) is 0 Å². The molecule has 0 amide bonds. The maximum Gasteiger partial charge on any atom is 0.193 e. The molecule has 124 valence electrons. The number of nitrogens with zero attached hydrogens (tertiary/aromatic N) is 2. The Balaban J connectivity index is 1.63. The zero-order valence-electron chi connectivity index (χ0n) is 13.7. The highest BCUT2D eigenvalue weighted by Crippen LogP contribution is 2.28. The molecule has 1 aliphatic rings. The number of aromatic amines is 1. The second-order valence-electron chi connectivity index (χ2n) is 6.45. The molecule has 0 bridgehead atoms. The zero-order valence-corrected chi connectivity index (χ0v) is 13.7. The van der Waals surface area contributed by atoms with Gasteiger partial charge in [-0.15, -0.1) is 0 Å². The van der Waals surface area contributed by atoms with Gasteiger partial charge in [0.1, 0.15) is 11.3 Å². The van der Waals surface area contributed by atoms with Crippen LogP contribution in [0.15, 0.2) is 58.0 Å². The summed E-state index contributed by atoms with van der Waals surface area (Å²) in [6.45, 7) is 2.23. The molecule has 0 radical (unpaired) electrons. The Kier molecular flexibility index (Phi) is 3.13. The third kappa shape index (κ3) is 2.31. The molecular weight excluding hydrogens is 314 g/mol. The predicted octanol–water partition coefficient (Wildman–Crippen LogP) is 3.94. The second kappa shape index (κ2) is 5.48. The van der Waals surface area contributed by atoms with Crippen LogP contribution in [0.2, 0.25) is 0 Å². The molecule has 5 nitrogen and oxygen atoms in total. The van der Waals surface area contributed by atoms with Crippen molar-refractivity contribution in [3.63, 3.8) is 0 Å². The van der Waals surface area contributed by atoms with E-state index in [4.69, 9.17) is 4.42 Å². The van der Waals surface area contributed by atoms with Crippen molar-refractivity contribution in [1.82, 2.24) is 9.97 Å². The monoisotopic (exact) mass is 331 g/mol. The molecule has 1 saturated heterocycles. The standard InChI is InChI=1S/C20H17N3O2/c24-17-11-18(13-3-5-14(6-4-13)23-9-1-2-10-23)25-20-15(17)7-8-16-19(20)22-12-21-16/h3-8,11-12H,1-2,9-10H2,(H,21,22). The first-order valence-electron chi connectivity index (χ1n) is 8.55. The lowest BCUT2D eigenvalue weighted by molar-refractivity contribution is 0.622. The zero-order chi connectivity index (χ0) is 16.8. The molecule has 5 heteroatoms. The predicted molar refractivity (Wildman–Crippen MR) is 99.0 cm³/mol. The highest BCUT2D eigenvalue weighted by molar-refractivity contribution is 6.00. The summed E-state index contributed by atoms with van der Waals surface area (Å²) in [5, 5.41) is 0.564. The number of hydrogen-bond donors (Lipinski definition) is 1. The Hall–Kier alpha value is -3.08. The van der Waals surface area contributed by atoms with Crippen LogP contribution in [0.3, 0.4) is 0 Å². The third-order valence-corrected chi connectivity index (χ3v) is 4.91. The number of rotatable bonds is 2. The molecule has 2 aromatic heterocycles. The minimum Gasteiger partial charge on any atom is -0.454 e. The number of aromatic nitrogens is 2. The van der Waals surface area contributed by atoms with E-state index in [-0.39, 0.29) is 5.43 Å². The Morgan fingerprint density at radius 2 is 1.84 bits per heavy atom. The van der Waals surface area contributed by atoms with E-state index >= 15 is 0 Å². The van der Waals surface area contributed by atoms with Gasteiger partial charge in [0.05, 0.1) is 17.2 Å². The van der Waals surface area contributed by atoms with E-state index in [0.29, 0.717) is 16.7 Å². The van der Waals surface area contributed by atoms with Gasteiger partial charge in [0.25, 0.3) is 0 Å². The van der Waals surface area contributed by atoms with Crippen molar-refractivity contribution in [3.8, 4) is 11.3 Å². The van der Waals surface area contributed by atoms with Crippen molar-refractivity contribution < 1.29 is 4.42 Å². The minimum absolute atomic E-state index is 0.0450. The summed E-state index contributed by atoms with van der Waals surface area (Å²) < 4.78 is 6.08. The number of anilines is 1. The van der Waals surface area contributed by atoms with Gasteiger partial charge in [-0.05, 0) is 49.2 Å². The largest absolute Gasteiger partial charge is 0.454 e. The molecule has 0 spiro atoms. The van der Waals surface area contributed by atoms with Crippen LogP contribution in [0.1, 0.15) is 12.8 Å². The van der Waals surface area contributed by atoms with Crippen molar-refractivity contribution >= 4 is 27.7 Å². The topological polar surface area (TPSA) is 62.1 Å². The molecule has 1 aliphatic heterocycles. The van der Waals surface area contributed by atoms with Gasteiger partial charge in [0.15, 0.2) is 11.0 Å². The molecule has 2 aromatic carbocycles. The normalized spacial score (nSPS) is 14.6. The minimum atomic E-state index is -0.0450. The van der Waals surface area contributed by atoms with Crippen LogP contribution >= 0.6 is 0 Å². The van der Waals surface area contributed by atoms with E-state index in [1.54, 1.807) is 18.5 Å². The number of imidazole rings is 1. The van der Waals surface area contributed by atoms with Crippen molar-refractivity contribution in [1.29, 1.82) is 0 Å². The molecule has 1 fully saturated rings. The maximum absolute atomic E-state index is 12.5. The van der Waals surface area contributed by atoms with Gasteiger partial charge in [-0.3, -0.25) is 4.79 Å². The third-order valence-electron chi connectivity index (χ3n) is 4.91. The van der Waals surface area contributed by atoms with Crippen LogP contribution in [-0.4, -0.2) is 23.1 Å². The fourth-order valence-corrected chi connectivity index (χ4v) is 3.58. The summed E-state index contributed by atoms with van der Waals surface area (Å²) in [5.41, 5.74) is 4.18. The molecule has 0 aliphatic carbocycles. The van der Waals surface area contributed by atoms with Crippen molar-refractivity contribution in [2.24, 2.45) is 0 Å². The highest BCUT2D eigenvalue weighted by Gasteiger charge is 2.14. The first kappa shape index (κ1) is 14.3. The average molecular weight is 331 g/mol. The number of H-pyrrole nitrogens is 1. The molecule has 4 aromatic rings. The summed E-state index contributed by atoms with van der Waals surface area (Å²) >= 11 is 0. The summed E-state index contributed by atoms with van der Waals surface area (Å²) in [6.07, 6.45) is 4.12. The van der Waals surface area contributed by atoms with Crippen LogP contribution in [0.25, 0.3) is 33.3 Å². The first-order valence-corrected chi connectivity index (χ1v) is 8.55. The van der Waals surface area contributed by atoms with Crippen LogP contribution < -0.4 is 10.3 Å². The van der Waals surface area contributed by atoms with E-state index in [2.05, 4.69) is 27.0 Å². The molecule has 0 saturated carbocycles. The maximum atomic E-state index is 12.5. The molecule has 0 atom stereocenters. The van der Waals surface area contributed by atoms with Gasteiger partial charge in [-0.2, -0.15) is 0 Å². The lowest BCUT2D eigenvalue weighted by Crippen LogP contribution is -2.17. The van der Waals surface area contributed by atoms with Crippen molar-refractivity contribution in [2.75, 3.05) is 18.0 Å². The number of nitrogens with one attached hydrogen (secondary N) is 1. The van der Waals surface area contributed by atoms with Gasteiger partial charge in [0, 0.05) is 30.4 Å². The summed E-state index contributed by atoms with van der Waals surface area (Å²) in [6, 6.07) is 13.4. The summed E-state index contributed by atoms with van der Waals surface area (Å²) in [7, 11) is 0. The van der Waals surface area contributed by atoms with Crippen LogP contribution in [0.4, 0.5) is 5.69 Å². The van der Waals surface area contributed by atoms with E-state index in [1.165, 1.54) is 18.5 Å². The number of hydrogen-bond acceptors (Lipinski definition) is 4. The van der Waals surface area contributed by atoms with Gasteiger partial charge >= 0.3 is 0 Å². The van der Waals surface area contributed by atoms with Crippen LogP contribution in [0.5, 0.6) is 0 Å². The smallest absolute Gasteiger partial charge is 0.193 e. The Labute approximate surface area is 143 Å². The lowest BCUT2D eigenvalue weighted by Gasteiger charge is -2.17. The van der Waals surface area contributed by atoms with E-state index in [0.717, 1.165) is 29.7 Å². The molecule has 3 heterocycles. The molecule has 5 rings (SSSR count). The number of benzene rings is 2. The average Bonchev–Trinajstić information content (AvgIpc) is 3.33. The van der Waals surface area contributed by atoms with Crippen LogP contribution in [-0.2, 0) is 0 Å². The second-order valence-corrected chi connectivity index (χ2v) is 6.45. The van der Waals surface area contributed by atoms with Crippen molar-refractivity contribution in [3.05, 3.63) is 59.0 Å². The number of fused-ring (bicyclic) bond motifs is 3. The quantitative estimate of drug-likeness (QED) is 0.604. The Morgan fingerprint density at radius 3 is 2.64 bits per heavy atom. The molecule has 1 N–H and O–H groups in total. The van der Waals surface area contributed by atoms with Crippen molar-refractivity contribution in [2.45, 2.75) is 12.8 Å². The van der Waals surface area contributed by atoms with Gasteiger partial charge in [-0.25, -0.2) is 4.98 Å². The SMILES string of the molecule is O=c1cc(-c2ccc(N3CCCC3)cc2)oc2c1ccc1nc[nH]c12. The van der Waals surface area contributed by atoms with E-state index in [1.807, 2.05) is 18.2 Å². The van der Waals surface area contributed by atoms with Gasteiger partial charge in [-0.1, -0.05) is 0 Å².